The first-order chi connectivity index (χ1) is 6.83. The van der Waals surface area contributed by atoms with Gasteiger partial charge in [0.15, 0.2) is 0 Å². The summed E-state index contributed by atoms with van der Waals surface area (Å²) in [7, 11) is 0. The Bertz CT molecular complexity index is 368. The summed E-state index contributed by atoms with van der Waals surface area (Å²) < 4.78 is 39.5. The molecule has 0 saturated heterocycles. The molecule has 2 N–H and O–H groups in total. The van der Waals surface area contributed by atoms with Crippen LogP contribution in [0.2, 0.25) is 0 Å². The van der Waals surface area contributed by atoms with Gasteiger partial charge in [0, 0.05) is 16.5 Å². The summed E-state index contributed by atoms with van der Waals surface area (Å²) >= 11 is 3.15. The van der Waals surface area contributed by atoms with Gasteiger partial charge in [-0.05, 0) is 13.0 Å². The number of halogens is 4. The minimum Gasteiger partial charge on any atom is -0.388 e. The number of aryl methyl sites for hydroxylation is 1. The van der Waals surface area contributed by atoms with Gasteiger partial charge < -0.3 is 10.5 Å². The normalized spacial score (nSPS) is 11.5. The van der Waals surface area contributed by atoms with Gasteiger partial charge in [-0.3, -0.25) is 0 Å². The lowest BCUT2D eigenvalue weighted by molar-refractivity contribution is -0.276. The molecule has 0 aliphatic rings. The standard InChI is InChI=1S/C8H8BrF3N2O/c1-4-2-5(3-9)6(13)14-7(4)15-8(10,11)12/h2H,3H2,1H3,(H2,13,14). The molecule has 1 aromatic heterocycles. The molecule has 0 unspecified atom stereocenters. The van der Waals surface area contributed by atoms with Crippen molar-refractivity contribution in [2.45, 2.75) is 18.6 Å². The molecule has 0 saturated carbocycles. The highest BCUT2D eigenvalue weighted by molar-refractivity contribution is 9.08. The van der Waals surface area contributed by atoms with Gasteiger partial charge in [-0.25, -0.2) is 0 Å². The number of pyridine rings is 1. The lowest BCUT2D eigenvalue weighted by atomic mass is 10.2. The minimum atomic E-state index is -4.75. The van der Waals surface area contributed by atoms with Gasteiger partial charge in [0.1, 0.15) is 5.82 Å². The van der Waals surface area contributed by atoms with Crippen LogP contribution >= 0.6 is 15.9 Å². The van der Waals surface area contributed by atoms with Crippen molar-refractivity contribution in [2.75, 3.05) is 5.73 Å². The molecular formula is C8H8BrF3N2O. The predicted molar refractivity (Wildman–Crippen MR) is 52.7 cm³/mol. The van der Waals surface area contributed by atoms with E-state index in [9.17, 15) is 13.2 Å². The Labute approximate surface area is 92.6 Å². The van der Waals surface area contributed by atoms with Crippen LogP contribution in [0.5, 0.6) is 5.88 Å². The van der Waals surface area contributed by atoms with E-state index >= 15 is 0 Å². The van der Waals surface area contributed by atoms with Gasteiger partial charge in [0.2, 0.25) is 5.88 Å². The Morgan fingerprint density at radius 3 is 2.60 bits per heavy atom. The van der Waals surface area contributed by atoms with Gasteiger partial charge in [-0.1, -0.05) is 15.9 Å². The largest absolute Gasteiger partial charge is 0.574 e. The van der Waals surface area contributed by atoms with Gasteiger partial charge in [-0.2, -0.15) is 4.98 Å². The van der Waals surface area contributed by atoms with Gasteiger partial charge in [0.25, 0.3) is 0 Å². The van der Waals surface area contributed by atoms with Crippen LogP contribution in [0.15, 0.2) is 6.07 Å². The van der Waals surface area contributed by atoms with Crippen LogP contribution < -0.4 is 10.5 Å². The second-order valence-corrected chi connectivity index (χ2v) is 3.40. The number of ether oxygens (including phenoxy) is 1. The first kappa shape index (κ1) is 12.1. The zero-order chi connectivity index (χ0) is 11.6. The Morgan fingerprint density at radius 2 is 2.13 bits per heavy atom. The fraction of sp³-hybridized carbons (Fsp3) is 0.375. The first-order valence-electron chi connectivity index (χ1n) is 3.91. The Morgan fingerprint density at radius 1 is 1.53 bits per heavy atom. The maximum atomic E-state index is 11.9. The zero-order valence-corrected chi connectivity index (χ0v) is 9.32. The van der Waals surface area contributed by atoms with Crippen LogP contribution in [0.3, 0.4) is 0 Å². The summed E-state index contributed by atoms with van der Waals surface area (Å²) in [6.45, 7) is 1.47. The van der Waals surface area contributed by atoms with Crippen molar-refractivity contribution >= 4 is 21.7 Å². The van der Waals surface area contributed by atoms with Crippen LogP contribution in [-0.2, 0) is 5.33 Å². The fourth-order valence-electron chi connectivity index (χ4n) is 0.986. The van der Waals surface area contributed by atoms with Crippen molar-refractivity contribution < 1.29 is 17.9 Å². The van der Waals surface area contributed by atoms with E-state index in [1.54, 1.807) is 0 Å². The number of aromatic nitrogens is 1. The Balaban J connectivity index is 3.05. The highest BCUT2D eigenvalue weighted by Gasteiger charge is 2.32. The van der Waals surface area contributed by atoms with E-state index in [4.69, 9.17) is 5.73 Å². The number of alkyl halides is 4. The Kier molecular flexibility index (Phi) is 3.43. The van der Waals surface area contributed by atoms with Crippen molar-refractivity contribution in [2.24, 2.45) is 0 Å². The SMILES string of the molecule is Cc1cc(CBr)c(N)nc1OC(F)(F)F. The minimum absolute atomic E-state index is 0.0247. The van der Waals surface area contributed by atoms with Crippen molar-refractivity contribution in [1.29, 1.82) is 0 Å². The lowest BCUT2D eigenvalue weighted by Gasteiger charge is -2.12. The van der Waals surface area contributed by atoms with Crippen LogP contribution in [0.25, 0.3) is 0 Å². The topological polar surface area (TPSA) is 48.1 Å². The number of hydrogen-bond acceptors (Lipinski definition) is 3. The first-order valence-corrected chi connectivity index (χ1v) is 5.03. The molecule has 1 aromatic rings. The third-order valence-electron chi connectivity index (χ3n) is 1.64. The zero-order valence-electron chi connectivity index (χ0n) is 7.73. The van der Waals surface area contributed by atoms with Crippen LogP contribution in [0.1, 0.15) is 11.1 Å². The van der Waals surface area contributed by atoms with Gasteiger partial charge >= 0.3 is 6.36 Å². The second-order valence-electron chi connectivity index (χ2n) is 2.84. The number of hydrogen-bond donors (Lipinski definition) is 1. The smallest absolute Gasteiger partial charge is 0.388 e. The fourth-order valence-corrected chi connectivity index (χ4v) is 1.44. The number of nitrogen functional groups attached to an aromatic ring is 1. The van der Waals surface area contributed by atoms with E-state index in [1.165, 1.54) is 13.0 Å². The third kappa shape index (κ3) is 3.26. The summed E-state index contributed by atoms with van der Waals surface area (Å²) in [5.74, 6) is -0.485. The molecule has 1 heterocycles. The summed E-state index contributed by atoms with van der Waals surface area (Å²) in [5, 5.41) is 0.430. The highest BCUT2D eigenvalue weighted by Crippen LogP contribution is 2.27. The molecule has 0 atom stereocenters. The molecule has 0 fully saturated rings. The molecule has 0 aromatic carbocycles. The van der Waals surface area contributed by atoms with Crippen molar-refractivity contribution in [3.05, 3.63) is 17.2 Å². The molecule has 0 radical (unpaired) electrons. The van der Waals surface area contributed by atoms with Crippen LogP contribution in [0, 0.1) is 6.92 Å². The molecule has 1 rings (SSSR count). The molecule has 0 amide bonds. The van der Waals surface area contributed by atoms with Gasteiger partial charge in [0.05, 0.1) is 0 Å². The summed E-state index contributed by atoms with van der Waals surface area (Å²) in [4.78, 5) is 3.53. The number of anilines is 1. The molecule has 7 heteroatoms. The Hall–Kier alpha value is -0.980. The molecule has 0 aliphatic heterocycles. The average molecular weight is 285 g/mol. The average Bonchev–Trinajstić information content (AvgIpc) is 2.08. The monoisotopic (exact) mass is 284 g/mol. The molecule has 15 heavy (non-hydrogen) atoms. The summed E-state index contributed by atoms with van der Waals surface area (Å²) in [6.07, 6.45) is -4.75. The quantitative estimate of drug-likeness (QED) is 0.850. The third-order valence-corrected chi connectivity index (χ3v) is 2.24. The number of nitrogens with zero attached hydrogens (tertiary/aromatic N) is 1. The molecule has 84 valence electrons. The van der Waals surface area contributed by atoms with E-state index in [1.807, 2.05) is 0 Å². The van der Waals surface area contributed by atoms with Gasteiger partial charge in [-0.15, -0.1) is 13.2 Å². The van der Waals surface area contributed by atoms with E-state index in [0.717, 1.165) is 0 Å². The summed E-state index contributed by atoms with van der Waals surface area (Å²) in [6, 6.07) is 1.50. The molecular weight excluding hydrogens is 277 g/mol. The highest BCUT2D eigenvalue weighted by atomic mass is 79.9. The van der Waals surface area contributed by atoms with Crippen molar-refractivity contribution in [3.8, 4) is 5.88 Å². The molecule has 3 nitrogen and oxygen atoms in total. The summed E-state index contributed by atoms with van der Waals surface area (Å²) in [5.41, 5.74) is 6.35. The number of nitrogens with two attached hydrogens (primary N) is 1. The van der Waals surface area contributed by atoms with E-state index < -0.39 is 12.2 Å². The van der Waals surface area contributed by atoms with E-state index in [-0.39, 0.29) is 11.4 Å². The lowest BCUT2D eigenvalue weighted by Crippen LogP contribution is -2.19. The maximum Gasteiger partial charge on any atom is 0.574 e. The van der Waals surface area contributed by atoms with Crippen molar-refractivity contribution in [3.63, 3.8) is 0 Å². The predicted octanol–water partition coefficient (Wildman–Crippen LogP) is 2.77. The molecule has 0 spiro atoms. The second kappa shape index (κ2) is 4.26. The molecule has 0 bridgehead atoms. The molecule has 0 aliphatic carbocycles. The van der Waals surface area contributed by atoms with E-state index in [2.05, 4.69) is 25.7 Å². The van der Waals surface area contributed by atoms with E-state index in [0.29, 0.717) is 10.9 Å². The van der Waals surface area contributed by atoms with Crippen molar-refractivity contribution in [1.82, 2.24) is 4.98 Å². The van der Waals surface area contributed by atoms with Crippen LogP contribution in [-0.4, -0.2) is 11.3 Å². The van der Waals surface area contributed by atoms with Crippen LogP contribution in [0.4, 0.5) is 19.0 Å². The maximum absolute atomic E-state index is 11.9. The number of rotatable bonds is 2.